The summed E-state index contributed by atoms with van der Waals surface area (Å²) in [6, 6.07) is 8.03. The zero-order valence-electron chi connectivity index (χ0n) is 15.5. The van der Waals surface area contributed by atoms with Crippen molar-refractivity contribution in [1.29, 1.82) is 0 Å². The topological polar surface area (TPSA) is 105 Å². The number of hydrazone groups is 1. The highest BCUT2D eigenvalue weighted by Crippen LogP contribution is 2.38. The highest BCUT2D eigenvalue weighted by atomic mass is 16.7. The fourth-order valence-corrected chi connectivity index (χ4v) is 2.49. The van der Waals surface area contributed by atoms with Crippen LogP contribution < -0.4 is 29.1 Å². The Labute approximate surface area is 160 Å². The van der Waals surface area contributed by atoms with Crippen LogP contribution in [0.25, 0.3) is 0 Å². The quantitative estimate of drug-likeness (QED) is 0.351. The summed E-state index contributed by atoms with van der Waals surface area (Å²) in [5.74, 6) is 0.925. The van der Waals surface area contributed by atoms with Gasteiger partial charge in [-0.3, -0.25) is 9.59 Å². The van der Waals surface area contributed by atoms with Crippen molar-refractivity contribution in [1.82, 2.24) is 5.43 Å². The molecule has 28 heavy (non-hydrogen) atoms. The molecule has 3 rings (SSSR count). The fourth-order valence-electron chi connectivity index (χ4n) is 2.49. The van der Waals surface area contributed by atoms with Gasteiger partial charge >= 0.3 is 5.97 Å². The van der Waals surface area contributed by atoms with Gasteiger partial charge in [-0.05, 0) is 30.3 Å². The van der Waals surface area contributed by atoms with E-state index in [9.17, 15) is 9.59 Å². The van der Waals surface area contributed by atoms with Crippen molar-refractivity contribution in [2.75, 3.05) is 21.0 Å². The molecule has 0 unspecified atom stereocenters. The Morgan fingerprint density at radius 3 is 2.39 bits per heavy atom. The summed E-state index contributed by atoms with van der Waals surface area (Å²) in [5.41, 5.74) is 3.37. The second-order valence-electron chi connectivity index (χ2n) is 5.62. The number of rotatable bonds is 6. The van der Waals surface area contributed by atoms with Crippen LogP contribution in [0.1, 0.15) is 22.8 Å². The van der Waals surface area contributed by atoms with Crippen molar-refractivity contribution in [2.45, 2.75) is 6.92 Å². The number of esters is 1. The smallest absolute Gasteiger partial charge is 0.308 e. The van der Waals surface area contributed by atoms with Gasteiger partial charge in [0.05, 0.1) is 20.4 Å². The van der Waals surface area contributed by atoms with E-state index in [1.54, 1.807) is 30.3 Å². The molecule has 2 aromatic rings. The largest absolute Gasteiger partial charge is 0.493 e. The molecule has 1 heterocycles. The number of carbonyl (C=O) groups is 2. The van der Waals surface area contributed by atoms with Gasteiger partial charge in [0.1, 0.15) is 0 Å². The van der Waals surface area contributed by atoms with Crippen LogP contribution in [0.4, 0.5) is 0 Å². The predicted octanol–water partition coefficient (Wildman–Crippen LogP) is 2.12. The zero-order valence-corrected chi connectivity index (χ0v) is 15.5. The van der Waals surface area contributed by atoms with Crippen LogP contribution in [0, 0.1) is 0 Å². The third-order valence-electron chi connectivity index (χ3n) is 3.74. The second kappa shape index (κ2) is 8.30. The van der Waals surface area contributed by atoms with Gasteiger partial charge in [0.15, 0.2) is 23.0 Å². The third-order valence-corrected chi connectivity index (χ3v) is 3.74. The van der Waals surface area contributed by atoms with Crippen molar-refractivity contribution in [3.05, 3.63) is 41.5 Å². The fraction of sp³-hybridized carbons (Fsp3) is 0.211. The number of methoxy groups -OCH3 is 2. The Kier molecular flexibility index (Phi) is 5.64. The normalized spacial score (nSPS) is 12.0. The highest BCUT2D eigenvalue weighted by Gasteiger charge is 2.17. The van der Waals surface area contributed by atoms with E-state index in [2.05, 4.69) is 10.5 Å². The Hall–Kier alpha value is -3.75. The summed E-state index contributed by atoms with van der Waals surface area (Å²) in [6.45, 7) is 1.41. The first-order valence-corrected chi connectivity index (χ1v) is 8.19. The molecule has 9 heteroatoms. The molecule has 1 amide bonds. The summed E-state index contributed by atoms with van der Waals surface area (Å²) < 4.78 is 26.1. The average molecular weight is 386 g/mol. The SMILES string of the molecule is COc1cc(/C=N/NC(=O)c2ccc3c(c2)OCO3)cc(OC)c1OC(C)=O. The van der Waals surface area contributed by atoms with Gasteiger partial charge in [-0.25, -0.2) is 5.43 Å². The van der Waals surface area contributed by atoms with Gasteiger partial charge in [0.25, 0.3) is 5.91 Å². The predicted molar refractivity (Wildman–Crippen MR) is 98.5 cm³/mol. The Morgan fingerprint density at radius 2 is 1.75 bits per heavy atom. The third kappa shape index (κ3) is 4.14. The van der Waals surface area contributed by atoms with Crippen molar-refractivity contribution in [3.8, 4) is 28.7 Å². The van der Waals surface area contributed by atoms with Crippen LogP contribution >= 0.6 is 0 Å². The molecular formula is C19H18N2O7. The Balaban J connectivity index is 1.74. The number of nitrogens with one attached hydrogen (secondary N) is 1. The Bertz CT molecular complexity index is 915. The number of amides is 1. The van der Waals surface area contributed by atoms with E-state index in [-0.39, 0.29) is 24.0 Å². The van der Waals surface area contributed by atoms with Crippen LogP contribution in [-0.2, 0) is 4.79 Å². The molecule has 0 aromatic heterocycles. The van der Waals surface area contributed by atoms with Gasteiger partial charge < -0.3 is 23.7 Å². The number of hydrogen-bond donors (Lipinski definition) is 1. The molecule has 0 atom stereocenters. The number of hydrogen-bond acceptors (Lipinski definition) is 8. The monoisotopic (exact) mass is 386 g/mol. The lowest BCUT2D eigenvalue weighted by Crippen LogP contribution is -2.17. The van der Waals surface area contributed by atoms with Crippen LogP contribution in [0.5, 0.6) is 28.7 Å². The molecule has 146 valence electrons. The standard InChI is InChI=1S/C19H18N2O7/c1-11(22)28-18-16(24-2)6-12(7-17(18)25-3)9-20-21-19(23)13-4-5-14-15(8-13)27-10-26-14/h4-9H,10H2,1-3H3,(H,21,23)/b20-9+. The van der Waals surface area contributed by atoms with Gasteiger partial charge in [0.2, 0.25) is 12.5 Å². The molecule has 1 aliphatic heterocycles. The van der Waals surface area contributed by atoms with Gasteiger partial charge in [-0.15, -0.1) is 0 Å². The van der Waals surface area contributed by atoms with Crippen molar-refractivity contribution in [3.63, 3.8) is 0 Å². The highest BCUT2D eigenvalue weighted by molar-refractivity contribution is 5.95. The molecule has 2 aromatic carbocycles. The molecule has 0 aliphatic carbocycles. The molecule has 0 fully saturated rings. The van der Waals surface area contributed by atoms with Crippen LogP contribution in [0.15, 0.2) is 35.4 Å². The van der Waals surface area contributed by atoms with E-state index in [1.807, 2.05) is 0 Å². The maximum Gasteiger partial charge on any atom is 0.308 e. The van der Waals surface area contributed by atoms with Gasteiger partial charge in [0, 0.05) is 18.1 Å². The summed E-state index contributed by atoms with van der Waals surface area (Å²) in [7, 11) is 2.87. The first kappa shape index (κ1) is 19.0. The molecule has 0 saturated carbocycles. The van der Waals surface area contributed by atoms with E-state index < -0.39 is 11.9 Å². The maximum absolute atomic E-state index is 12.2. The number of nitrogens with zero attached hydrogens (tertiary/aromatic N) is 1. The van der Waals surface area contributed by atoms with Crippen molar-refractivity contribution in [2.24, 2.45) is 5.10 Å². The van der Waals surface area contributed by atoms with E-state index in [1.165, 1.54) is 27.4 Å². The molecule has 0 saturated heterocycles. The lowest BCUT2D eigenvalue weighted by Gasteiger charge is -2.13. The average Bonchev–Trinajstić information content (AvgIpc) is 3.16. The summed E-state index contributed by atoms with van der Waals surface area (Å²) >= 11 is 0. The molecule has 0 spiro atoms. The van der Waals surface area contributed by atoms with Crippen molar-refractivity contribution >= 4 is 18.1 Å². The maximum atomic E-state index is 12.2. The van der Waals surface area contributed by atoms with Crippen LogP contribution in [0.2, 0.25) is 0 Å². The number of benzene rings is 2. The zero-order chi connectivity index (χ0) is 20.1. The van der Waals surface area contributed by atoms with E-state index in [4.69, 9.17) is 23.7 Å². The molecular weight excluding hydrogens is 368 g/mol. The molecule has 1 aliphatic rings. The van der Waals surface area contributed by atoms with E-state index >= 15 is 0 Å². The summed E-state index contributed by atoms with van der Waals surface area (Å²) in [4.78, 5) is 23.5. The Morgan fingerprint density at radius 1 is 1.07 bits per heavy atom. The van der Waals surface area contributed by atoms with E-state index in [0.717, 1.165) is 0 Å². The van der Waals surface area contributed by atoms with Crippen LogP contribution in [-0.4, -0.2) is 39.1 Å². The molecule has 0 bridgehead atoms. The number of fused-ring (bicyclic) bond motifs is 1. The number of carbonyl (C=O) groups excluding carboxylic acids is 2. The lowest BCUT2D eigenvalue weighted by molar-refractivity contribution is -0.132. The molecule has 0 radical (unpaired) electrons. The van der Waals surface area contributed by atoms with Crippen LogP contribution in [0.3, 0.4) is 0 Å². The molecule has 9 nitrogen and oxygen atoms in total. The minimum atomic E-state index is -0.506. The number of ether oxygens (including phenoxy) is 5. The summed E-state index contributed by atoms with van der Waals surface area (Å²) in [6.07, 6.45) is 1.41. The minimum absolute atomic E-state index is 0.131. The molecule has 1 N–H and O–H groups in total. The first-order valence-electron chi connectivity index (χ1n) is 8.19. The van der Waals surface area contributed by atoms with E-state index in [0.29, 0.717) is 22.6 Å². The summed E-state index contributed by atoms with van der Waals surface area (Å²) in [5, 5.41) is 3.94. The van der Waals surface area contributed by atoms with Crippen molar-refractivity contribution < 1.29 is 33.3 Å². The van der Waals surface area contributed by atoms with Gasteiger partial charge in [-0.2, -0.15) is 5.10 Å². The first-order chi connectivity index (χ1) is 13.5. The van der Waals surface area contributed by atoms with Gasteiger partial charge in [-0.1, -0.05) is 0 Å². The second-order valence-corrected chi connectivity index (χ2v) is 5.62. The minimum Gasteiger partial charge on any atom is -0.493 e. The lowest BCUT2D eigenvalue weighted by atomic mass is 10.2.